The highest BCUT2D eigenvalue weighted by atomic mass is 35.5. The van der Waals surface area contributed by atoms with Gasteiger partial charge in [0, 0.05) is 6.04 Å². The zero-order valence-electron chi connectivity index (χ0n) is 10.2. The molecule has 0 saturated heterocycles. The number of aryl methyl sites for hydroxylation is 1. The van der Waals surface area contributed by atoms with Crippen molar-refractivity contribution < 1.29 is 9.37 Å². The van der Waals surface area contributed by atoms with E-state index in [-0.39, 0.29) is 12.6 Å². The maximum Gasteiger partial charge on any atom is 0.145 e. The van der Waals surface area contributed by atoms with E-state index in [2.05, 4.69) is 14.9 Å². The molecule has 0 saturated carbocycles. The summed E-state index contributed by atoms with van der Waals surface area (Å²) in [6.07, 6.45) is 0. The van der Waals surface area contributed by atoms with Gasteiger partial charge in [-0.2, -0.15) is 0 Å². The summed E-state index contributed by atoms with van der Waals surface area (Å²) < 4.78 is 10.1. The topological polar surface area (TPSA) is 74.2 Å². The molecule has 2 aromatic rings. The highest BCUT2D eigenvalue weighted by Gasteiger charge is 2.09. The first-order valence-electron chi connectivity index (χ1n) is 5.54. The fourth-order valence-electron chi connectivity index (χ4n) is 1.44. The van der Waals surface area contributed by atoms with Gasteiger partial charge in [-0.25, -0.2) is 4.63 Å². The third-order valence-corrected chi connectivity index (χ3v) is 2.89. The van der Waals surface area contributed by atoms with Crippen LogP contribution in [0.1, 0.15) is 29.9 Å². The highest BCUT2D eigenvalue weighted by molar-refractivity contribution is 6.32. The molecule has 0 amide bonds. The summed E-state index contributed by atoms with van der Waals surface area (Å²) in [5.41, 5.74) is 8.10. The molecule has 2 rings (SSSR count). The van der Waals surface area contributed by atoms with Gasteiger partial charge in [-0.1, -0.05) is 28.0 Å². The minimum atomic E-state index is -0.0569. The van der Waals surface area contributed by atoms with E-state index < -0.39 is 0 Å². The van der Waals surface area contributed by atoms with Gasteiger partial charge < -0.3 is 10.5 Å². The predicted molar refractivity (Wildman–Crippen MR) is 67.4 cm³/mol. The molecule has 0 aliphatic rings. The van der Waals surface area contributed by atoms with E-state index in [1.807, 2.05) is 13.0 Å². The summed E-state index contributed by atoms with van der Waals surface area (Å²) in [6.45, 7) is 3.97. The van der Waals surface area contributed by atoms with Crippen molar-refractivity contribution in [3.8, 4) is 5.75 Å². The lowest BCUT2D eigenvalue weighted by molar-refractivity contribution is 0.270. The second-order valence-electron chi connectivity index (χ2n) is 4.06. The molecule has 1 atom stereocenters. The van der Waals surface area contributed by atoms with Crippen molar-refractivity contribution >= 4 is 11.6 Å². The first-order valence-corrected chi connectivity index (χ1v) is 5.91. The van der Waals surface area contributed by atoms with Crippen LogP contribution in [0.4, 0.5) is 0 Å². The Kier molecular flexibility index (Phi) is 3.84. The Bertz CT molecular complexity index is 540. The quantitative estimate of drug-likeness (QED) is 0.922. The Morgan fingerprint density at radius 3 is 2.78 bits per heavy atom. The monoisotopic (exact) mass is 267 g/mol. The van der Waals surface area contributed by atoms with Gasteiger partial charge in [-0.15, -0.1) is 0 Å². The van der Waals surface area contributed by atoms with Gasteiger partial charge in [0.15, 0.2) is 0 Å². The zero-order chi connectivity index (χ0) is 13.1. The SMILES string of the molecule is Cc1nonc1COc1ccc([C@H](C)N)cc1Cl. The van der Waals surface area contributed by atoms with Crippen LogP contribution in [-0.4, -0.2) is 10.3 Å². The first-order chi connectivity index (χ1) is 8.58. The van der Waals surface area contributed by atoms with E-state index in [0.717, 1.165) is 5.56 Å². The standard InChI is InChI=1S/C12H14ClN3O2/c1-7(14)9-3-4-12(10(13)5-9)17-6-11-8(2)15-18-16-11/h3-5,7H,6,14H2,1-2H3/t7-/m0/s1. The summed E-state index contributed by atoms with van der Waals surface area (Å²) in [5.74, 6) is 0.587. The number of nitrogens with two attached hydrogens (primary N) is 1. The average molecular weight is 268 g/mol. The molecular weight excluding hydrogens is 254 g/mol. The Labute approximate surface area is 110 Å². The van der Waals surface area contributed by atoms with E-state index in [4.69, 9.17) is 22.1 Å². The van der Waals surface area contributed by atoms with Crippen molar-refractivity contribution in [1.82, 2.24) is 10.3 Å². The summed E-state index contributed by atoms with van der Waals surface area (Å²) in [7, 11) is 0. The normalized spacial score (nSPS) is 12.4. The molecule has 96 valence electrons. The van der Waals surface area contributed by atoms with E-state index in [1.54, 1.807) is 19.1 Å². The van der Waals surface area contributed by atoms with Crippen LogP contribution in [0.3, 0.4) is 0 Å². The second kappa shape index (κ2) is 5.37. The van der Waals surface area contributed by atoms with Gasteiger partial charge in [0.1, 0.15) is 23.7 Å². The fourth-order valence-corrected chi connectivity index (χ4v) is 1.69. The van der Waals surface area contributed by atoms with Crippen molar-refractivity contribution in [2.45, 2.75) is 26.5 Å². The maximum absolute atomic E-state index is 6.11. The molecule has 0 radical (unpaired) electrons. The van der Waals surface area contributed by atoms with Gasteiger partial charge in [-0.05, 0) is 31.5 Å². The molecule has 0 unspecified atom stereocenters. The smallest absolute Gasteiger partial charge is 0.145 e. The molecule has 0 fully saturated rings. The van der Waals surface area contributed by atoms with Crippen LogP contribution in [0.25, 0.3) is 0 Å². The fraction of sp³-hybridized carbons (Fsp3) is 0.333. The van der Waals surface area contributed by atoms with Crippen molar-refractivity contribution in [2.75, 3.05) is 0 Å². The predicted octanol–water partition coefficient (Wildman–Crippen LogP) is 2.63. The Balaban J connectivity index is 2.08. The number of benzene rings is 1. The van der Waals surface area contributed by atoms with Gasteiger partial charge in [-0.3, -0.25) is 0 Å². The van der Waals surface area contributed by atoms with Crippen molar-refractivity contribution in [3.05, 3.63) is 40.2 Å². The Morgan fingerprint density at radius 2 is 2.22 bits per heavy atom. The number of hydrogen-bond donors (Lipinski definition) is 1. The minimum Gasteiger partial charge on any atom is -0.486 e. The molecular formula is C12H14ClN3O2. The third kappa shape index (κ3) is 2.80. The minimum absolute atomic E-state index is 0.0569. The lowest BCUT2D eigenvalue weighted by atomic mass is 10.1. The molecule has 1 heterocycles. The highest BCUT2D eigenvalue weighted by Crippen LogP contribution is 2.28. The summed E-state index contributed by atoms with van der Waals surface area (Å²) >= 11 is 6.11. The number of halogens is 1. The van der Waals surface area contributed by atoms with Crippen LogP contribution in [-0.2, 0) is 6.61 Å². The zero-order valence-corrected chi connectivity index (χ0v) is 10.9. The van der Waals surface area contributed by atoms with Crippen molar-refractivity contribution in [1.29, 1.82) is 0 Å². The Morgan fingerprint density at radius 1 is 1.44 bits per heavy atom. The molecule has 1 aromatic carbocycles. The number of rotatable bonds is 4. The molecule has 5 nitrogen and oxygen atoms in total. The van der Waals surface area contributed by atoms with E-state index in [0.29, 0.717) is 22.2 Å². The Hall–Kier alpha value is -1.59. The first kappa shape index (κ1) is 12.9. The van der Waals surface area contributed by atoms with Crippen LogP contribution in [0.5, 0.6) is 5.75 Å². The number of aromatic nitrogens is 2. The van der Waals surface area contributed by atoms with Gasteiger partial charge in [0.25, 0.3) is 0 Å². The van der Waals surface area contributed by atoms with Crippen molar-refractivity contribution in [3.63, 3.8) is 0 Å². The molecule has 2 N–H and O–H groups in total. The van der Waals surface area contributed by atoms with Gasteiger partial charge in [0.2, 0.25) is 0 Å². The molecule has 0 aliphatic carbocycles. The van der Waals surface area contributed by atoms with Gasteiger partial charge in [0.05, 0.1) is 5.02 Å². The van der Waals surface area contributed by atoms with Crippen LogP contribution in [0.2, 0.25) is 5.02 Å². The van der Waals surface area contributed by atoms with Crippen LogP contribution in [0, 0.1) is 6.92 Å². The number of ether oxygens (including phenoxy) is 1. The van der Waals surface area contributed by atoms with E-state index >= 15 is 0 Å². The lowest BCUT2D eigenvalue weighted by Crippen LogP contribution is -2.05. The molecule has 6 heteroatoms. The summed E-state index contributed by atoms with van der Waals surface area (Å²) in [4.78, 5) is 0. The summed E-state index contributed by atoms with van der Waals surface area (Å²) in [6, 6.07) is 5.43. The van der Waals surface area contributed by atoms with E-state index in [9.17, 15) is 0 Å². The van der Waals surface area contributed by atoms with Crippen LogP contribution >= 0.6 is 11.6 Å². The van der Waals surface area contributed by atoms with Gasteiger partial charge >= 0.3 is 0 Å². The molecule has 1 aromatic heterocycles. The summed E-state index contributed by atoms with van der Waals surface area (Å²) in [5, 5.41) is 7.93. The van der Waals surface area contributed by atoms with Crippen molar-refractivity contribution in [2.24, 2.45) is 5.73 Å². The third-order valence-electron chi connectivity index (χ3n) is 2.59. The molecule has 0 bridgehead atoms. The molecule has 0 aliphatic heterocycles. The number of hydrogen-bond acceptors (Lipinski definition) is 5. The van der Waals surface area contributed by atoms with Crippen LogP contribution in [0.15, 0.2) is 22.8 Å². The number of nitrogens with zero attached hydrogens (tertiary/aromatic N) is 2. The second-order valence-corrected chi connectivity index (χ2v) is 4.47. The average Bonchev–Trinajstić information content (AvgIpc) is 2.73. The maximum atomic E-state index is 6.11. The molecule has 0 spiro atoms. The molecule has 18 heavy (non-hydrogen) atoms. The largest absolute Gasteiger partial charge is 0.486 e. The lowest BCUT2D eigenvalue weighted by Gasteiger charge is -2.10. The van der Waals surface area contributed by atoms with E-state index in [1.165, 1.54) is 0 Å². The van der Waals surface area contributed by atoms with Crippen LogP contribution < -0.4 is 10.5 Å².